The smallest absolute Gasteiger partial charge is 0.271 e. The lowest BCUT2D eigenvalue weighted by molar-refractivity contribution is 0.0592. The van der Waals surface area contributed by atoms with Crippen LogP contribution in [0.25, 0.3) is 11.1 Å². The van der Waals surface area contributed by atoms with E-state index in [1.807, 2.05) is 47.7 Å². The van der Waals surface area contributed by atoms with Gasteiger partial charge in [-0.3, -0.25) is 4.79 Å². The quantitative estimate of drug-likeness (QED) is 0.649. The molecule has 0 radical (unpaired) electrons. The monoisotopic (exact) mass is 381 g/mol. The Labute approximate surface area is 162 Å². The minimum Gasteiger partial charge on any atom is -0.341 e. The third-order valence-electron chi connectivity index (χ3n) is 4.94. The summed E-state index contributed by atoms with van der Waals surface area (Å²) >= 11 is 6.07. The van der Waals surface area contributed by atoms with Crippen molar-refractivity contribution in [1.82, 2.24) is 24.4 Å². The molecule has 3 aromatic heterocycles. The SMILES string of the molecule is Cc1cc(CN2C(=O)c3cc(-c4cc(Cl)ncc4C)cn3CC2C)ncn1. The highest BCUT2D eigenvalue weighted by atomic mass is 35.5. The molecule has 1 amide bonds. The summed E-state index contributed by atoms with van der Waals surface area (Å²) in [5.74, 6) is 0.00840. The van der Waals surface area contributed by atoms with Gasteiger partial charge in [0.05, 0.1) is 12.2 Å². The Morgan fingerprint density at radius 2 is 2.00 bits per heavy atom. The number of hydrogen-bond acceptors (Lipinski definition) is 4. The zero-order chi connectivity index (χ0) is 19.1. The van der Waals surface area contributed by atoms with E-state index in [1.54, 1.807) is 12.5 Å². The average molecular weight is 382 g/mol. The first kappa shape index (κ1) is 17.7. The number of nitrogens with zero attached hydrogens (tertiary/aromatic N) is 5. The summed E-state index contributed by atoms with van der Waals surface area (Å²) in [6.07, 6.45) is 5.32. The molecule has 4 heterocycles. The topological polar surface area (TPSA) is 63.9 Å². The van der Waals surface area contributed by atoms with Gasteiger partial charge in [0.25, 0.3) is 5.91 Å². The second kappa shape index (κ2) is 6.78. The summed E-state index contributed by atoms with van der Waals surface area (Å²) in [6, 6.07) is 5.77. The number of pyridine rings is 1. The van der Waals surface area contributed by atoms with Gasteiger partial charge in [-0.05, 0) is 50.1 Å². The van der Waals surface area contributed by atoms with Crippen LogP contribution in [-0.4, -0.2) is 36.4 Å². The largest absolute Gasteiger partial charge is 0.341 e. The molecule has 7 heteroatoms. The van der Waals surface area contributed by atoms with Gasteiger partial charge in [0.15, 0.2) is 0 Å². The number of amides is 1. The number of aryl methyl sites for hydroxylation is 2. The number of carbonyl (C=O) groups is 1. The van der Waals surface area contributed by atoms with E-state index >= 15 is 0 Å². The molecule has 27 heavy (non-hydrogen) atoms. The number of aromatic nitrogens is 4. The molecule has 0 aromatic carbocycles. The normalized spacial score (nSPS) is 16.5. The maximum atomic E-state index is 13.1. The van der Waals surface area contributed by atoms with Crippen molar-refractivity contribution in [3.05, 3.63) is 64.7 Å². The molecule has 0 N–H and O–H groups in total. The van der Waals surface area contributed by atoms with E-state index < -0.39 is 0 Å². The molecule has 1 unspecified atom stereocenters. The van der Waals surface area contributed by atoms with Gasteiger partial charge in [-0.15, -0.1) is 0 Å². The van der Waals surface area contributed by atoms with E-state index in [0.29, 0.717) is 17.4 Å². The highest BCUT2D eigenvalue weighted by Crippen LogP contribution is 2.30. The zero-order valence-corrected chi connectivity index (χ0v) is 16.2. The Balaban J connectivity index is 1.67. The van der Waals surface area contributed by atoms with Crippen LogP contribution >= 0.6 is 11.6 Å². The molecule has 4 rings (SSSR count). The van der Waals surface area contributed by atoms with E-state index in [2.05, 4.69) is 21.9 Å². The van der Waals surface area contributed by atoms with Gasteiger partial charge in [-0.2, -0.15) is 0 Å². The Kier molecular flexibility index (Phi) is 4.44. The van der Waals surface area contributed by atoms with Crippen LogP contribution in [0.5, 0.6) is 0 Å². The summed E-state index contributed by atoms with van der Waals surface area (Å²) in [5, 5.41) is 0.445. The lowest BCUT2D eigenvalue weighted by Crippen LogP contribution is -2.45. The van der Waals surface area contributed by atoms with Crippen LogP contribution in [-0.2, 0) is 13.1 Å². The molecular weight excluding hydrogens is 362 g/mol. The molecule has 0 bridgehead atoms. The molecule has 0 spiro atoms. The number of halogens is 1. The third kappa shape index (κ3) is 3.32. The zero-order valence-electron chi connectivity index (χ0n) is 15.5. The first-order chi connectivity index (χ1) is 12.9. The summed E-state index contributed by atoms with van der Waals surface area (Å²) in [7, 11) is 0. The van der Waals surface area contributed by atoms with Gasteiger partial charge in [0.1, 0.15) is 17.2 Å². The van der Waals surface area contributed by atoms with E-state index in [9.17, 15) is 4.79 Å². The predicted molar refractivity (Wildman–Crippen MR) is 104 cm³/mol. The van der Waals surface area contributed by atoms with Crippen molar-refractivity contribution in [2.24, 2.45) is 0 Å². The van der Waals surface area contributed by atoms with Crippen LogP contribution in [0.15, 0.2) is 36.9 Å². The van der Waals surface area contributed by atoms with E-state index in [0.717, 1.165) is 34.6 Å². The molecule has 1 aliphatic heterocycles. The van der Waals surface area contributed by atoms with Crippen LogP contribution in [0.2, 0.25) is 5.15 Å². The third-order valence-corrected chi connectivity index (χ3v) is 5.15. The van der Waals surface area contributed by atoms with Crippen molar-refractivity contribution in [2.45, 2.75) is 39.9 Å². The number of fused-ring (bicyclic) bond motifs is 1. The molecule has 6 nitrogen and oxygen atoms in total. The lowest BCUT2D eigenvalue weighted by Gasteiger charge is -2.34. The van der Waals surface area contributed by atoms with Crippen molar-refractivity contribution in [3.8, 4) is 11.1 Å². The van der Waals surface area contributed by atoms with Gasteiger partial charge < -0.3 is 9.47 Å². The fourth-order valence-electron chi connectivity index (χ4n) is 3.53. The van der Waals surface area contributed by atoms with Gasteiger partial charge >= 0.3 is 0 Å². The fraction of sp³-hybridized carbons (Fsp3) is 0.300. The second-order valence-electron chi connectivity index (χ2n) is 7.02. The predicted octanol–water partition coefficient (Wildman–Crippen LogP) is 3.65. The van der Waals surface area contributed by atoms with Gasteiger partial charge in [0, 0.05) is 36.2 Å². The molecule has 0 saturated heterocycles. The first-order valence-corrected chi connectivity index (χ1v) is 9.21. The molecule has 138 valence electrons. The molecule has 1 aliphatic rings. The minimum absolute atomic E-state index is 0.00840. The summed E-state index contributed by atoms with van der Waals surface area (Å²) < 4.78 is 2.03. The minimum atomic E-state index is 0.00840. The fourth-order valence-corrected chi connectivity index (χ4v) is 3.68. The van der Waals surface area contributed by atoms with Crippen molar-refractivity contribution in [1.29, 1.82) is 0 Å². The van der Waals surface area contributed by atoms with E-state index in [-0.39, 0.29) is 11.9 Å². The molecule has 3 aromatic rings. The summed E-state index contributed by atoms with van der Waals surface area (Å²) in [5.41, 5.74) is 5.42. The number of carbonyl (C=O) groups excluding carboxylic acids is 1. The van der Waals surface area contributed by atoms with Crippen LogP contribution in [0.4, 0.5) is 0 Å². The summed E-state index contributed by atoms with van der Waals surface area (Å²) in [6.45, 7) is 7.19. The molecule has 1 atom stereocenters. The highest BCUT2D eigenvalue weighted by molar-refractivity contribution is 6.29. The van der Waals surface area contributed by atoms with E-state index in [1.165, 1.54) is 0 Å². The summed E-state index contributed by atoms with van der Waals surface area (Å²) in [4.78, 5) is 27.5. The van der Waals surface area contributed by atoms with Gasteiger partial charge in [-0.25, -0.2) is 15.0 Å². The maximum Gasteiger partial charge on any atom is 0.271 e. The standard InChI is InChI=1S/C20H20ClN5O/c1-12-7-22-19(21)6-17(12)15-5-18-20(27)26(14(3)8-25(18)9-15)10-16-4-13(2)23-11-24-16/h4-7,9,11,14H,8,10H2,1-3H3. The van der Waals surface area contributed by atoms with Crippen LogP contribution < -0.4 is 0 Å². The van der Waals surface area contributed by atoms with Crippen molar-refractivity contribution in [2.75, 3.05) is 0 Å². The van der Waals surface area contributed by atoms with Crippen LogP contribution in [0.1, 0.15) is 34.4 Å². The Bertz CT molecular complexity index is 1030. The van der Waals surface area contributed by atoms with Crippen LogP contribution in [0, 0.1) is 13.8 Å². The van der Waals surface area contributed by atoms with Gasteiger partial charge in [-0.1, -0.05) is 11.6 Å². The van der Waals surface area contributed by atoms with Crippen LogP contribution in [0.3, 0.4) is 0 Å². The van der Waals surface area contributed by atoms with Gasteiger partial charge in [0.2, 0.25) is 0 Å². The Hall–Kier alpha value is -2.73. The Morgan fingerprint density at radius 1 is 1.19 bits per heavy atom. The van der Waals surface area contributed by atoms with E-state index in [4.69, 9.17) is 11.6 Å². The Morgan fingerprint density at radius 3 is 2.78 bits per heavy atom. The average Bonchev–Trinajstić information content (AvgIpc) is 3.04. The molecule has 0 fully saturated rings. The second-order valence-corrected chi connectivity index (χ2v) is 7.41. The van der Waals surface area contributed by atoms with Crippen molar-refractivity contribution in [3.63, 3.8) is 0 Å². The molecule has 0 aliphatic carbocycles. The maximum absolute atomic E-state index is 13.1. The number of rotatable bonds is 3. The first-order valence-electron chi connectivity index (χ1n) is 8.83. The van der Waals surface area contributed by atoms with Crippen molar-refractivity contribution >= 4 is 17.5 Å². The molecular formula is C20H20ClN5O. The lowest BCUT2D eigenvalue weighted by atomic mass is 10.1. The van der Waals surface area contributed by atoms with Crippen molar-refractivity contribution < 1.29 is 4.79 Å². The molecule has 0 saturated carbocycles. The highest BCUT2D eigenvalue weighted by Gasteiger charge is 2.31. The number of hydrogen-bond donors (Lipinski definition) is 0.